The largest absolute Gasteiger partial charge is 0.327 e. The fourth-order valence-electron chi connectivity index (χ4n) is 2.56. The van der Waals surface area contributed by atoms with Gasteiger partial charge in [-0.05, 0) is 40.4 Å². The van der Waals surface area contributed by atoms with Crippen LogP contribution in [0.15, 0.2) is 22.7 Å². The summed E-state index contributed by atoms with van der Waals surface area (Å²) in [5.74, 6) is -0.254. The van der Waals surface area contributed by atoms with Crippen molar-refractivity contribution in [3.8, 4) is 0 Å². The van der Waals surface area contributed by atoms with Gasteiger partial charge in [-0.25, -0.2) is 4.39 Å². The second-order valence-electron chi connectivity index (χ2n) is 4.91. The van der Waals surface area contributed by atoms with Gasteiger partial charge in [0.25, 0.3) is 0 Å². The Bertz CT molecular complexity index is 449. The first-order valence-corrected chi connectivity index (χ1v) is 7.10. The van der Waals surface area contributed by atoms with Gasteiger partial charge in [-0.1, -0.05) is 25.0 Å². The van der Waals surface area contributed by atoms with Crippen LogP contribution in [0.4, 0.5) is 4.39 Å². The van der Waals surface area contributed by atoms with Crippen molar-refractivity contribution < 1.29 is 9.18 Å². The minimum atomic E-state index is -0.326. The molecular formula is C14H17BrFNO. The molecule has 2 nitrogen and oxygen atoms in total. The average molecular weight is 314 g/mol. The van der Waals surface area contributed by atoms with Gasteiger partial charge in [0.05, 0.1) is 4.47 Å². The van der Waals surface area contributed by atoms with Crippen LogP contribution in [-0.2, 0) is 11.2 Å². The minimum Gasteiger partial charge on any atom is -0.327 e. The van der Waals surface area contributed by atoms with Crippen LogP contribution in [0.1, 0.15) is 31.2 Å². The number of rotatable bonds is 3. The molecule has 2 rings (SSSR count). The third-order valence-electron chi connectivity index (χ3n) is 3.63. The maximum Gasteiger partial charge on any atom is 0.141 e. The van der Waals surface area contributed by atoms with Gasteiger partial charge < -0.3 is 5.73 Å². The van der Waals surface area contributed by atoms with Gasteiger partial charge in [-0.2, -0.15) is 0 Å². The Balaban J connectivity index is 2.09. The van der Waals surface area contributed by atoms with Crippen molar-refractivity contribution in [3.05, 3.63) is 34.1 Å². The van der Waals surface area contributed by atoms with Crippen molar-refractivity contribution in [2.45, 2.75) is 38.1 Å². The number of benzene rings is 1. The predicted molar refractivity (Wildman–Crippen MR) is 72.7 cm³/mol. The lowest BCUT2D eigenvalue weighted by atomic mass is 9.81. The van der Waals surface area contributed by atoms with Crippen molar-refractivity contribution in [2.75, 3.05) is 0 Å². The van der Waals surface area contributed by atoms with E-state index in [4.69, 9.17) is 5.73 Å². The minimum absolute atomic E-state index is 0.0291. The highest BCUT2D eigenvalue weighted by atomic mass is 79.9. The third kappa shape index (κ3) is 2.98. The SMILES string of the molecule is NC1CCCCC1C(=O)Cc1cccc(F)c1Br. The lowest BCUT2D eigenvalue weighted by molar-refractivity contribution is -0.123. The van der Waals surface area contributed by atoms with Crippen LogP contribution in [-0.4, -0.2) is 11.8 Å². The molecule has 1 aliphatic carbocycles. The summed E-state index contributed by atoms with van der Waals surface area (Å²) in [6, 6.07) is 4.76. The summed E-state index contributed by atoms with van der Waals surface area (Å²) in [6.45, 7) is 0. The summed E-state index contributed by atoms with van der Waals surface area (Å²) >= 11 is 3.19. The number of ketones is 1. The summed E-state index contributed by atoms with van der Waals surface area (Å²) in [7, 11) is 0. The van der Waals surface area contributed by atoms with Crippen LogP contribution >= 0.6 is 15.9 Å². The van der Waals surface area contributed by atoms with E-state index in [-0.39, 0.29) is 30.0 Å². The molecule has 0 radical (unpaired) electrons. The lowest BCUT2D eigenvalue weighted by Crippen LogP contribution is -2.38. The lowest BCUT2D eigenvalue weighted by Gasteiger charge is -2.27. The van der Waals surface area contributed by atoms with E-state index in [1.807, 2.05) is 0 Å². The fourth-order valence-corrected chi connectivity index (χ4v) is 2.97. The Morgan fingerprint density at radius 3 is 2.83 bits per heavy atom. The third-order valence-corrected chi connectivity index (χ3v) is 4.52. The summed E-state index contributed by atoms with van der Waals surface area (Å²) in [6.07, 6.45) is 4.22. The Morgan fingerprint density at radius 1 is 1.39 bits per heavy atom. The van der Waals surface area contributed by atoms with E-state index < -0.39 is 0 Å². The van der Waals surface area contributed by atoms with E-state index in [0.29, 0.717) is 10.0 Å². The first-order valence-electron chi connectivity index (χ1n) is 6.31. The average Bonchev–Trinajstić information content (AvgIpc) is 2.35. The highest BCUT2D eigenvalue weighted by molar-refractivity contribution is 9.10. The van der Waals surface area contributed by atoms with E-state index in [1.54, 1.807) is 12.1 Å². The first-order chi connectivity index (χ1) is 8.59. The van der Waals surface area contributed by atoms with Crippen molar-refractivity contribution in [2.24, 2.45) is 11.7 Å². The molecule has 0 heterocycles. The van der Waals surface area contributed by atoms with Gasteiger partial charge in [-0.15, -0.1) is 0 Å². The maximum absolute atomic E-state index is 13.4. The molecule has 0 aromatic heterocycles. The van der Waals surface area contributed by atoms with Crippen LogP contribution in [0.3, 0.4) is 0 Å². The second-order valence-corrected chi connectivity index (χ2v) is 5.70. The molecule has 18 heavy (non-hydrogen) atoms. The molecule has 1 aromatic carbocycles. The van der Waals surface area contributed by atoms with Crippen molar-refractivity contribution in [1.82, 2.24) is 0 Å². The molecule has 1 aliphatic rings. The van der Waals surface area contributed by atoms with E-state index in [9.17, 15) is 9.18 Å². The number of nitrogens with two attached hydrogens (primary N) is 1. The van der Waals surface area contributed by atoms with Gasteiger partial charge in [0.1, 0.15) is 11.6 Å². The zero-order valence-electron chi connectivity index (χ0n) is 10.2. The van der Waals surface area contributed by atoms with Gasteiger partial charge in [0.15, 0.2) is 0 Å². The van der Waals surface area contributed by atoms with E-state index in [2.05, 4.69) is 15.9 Å². The van der Waals surface area contributed by atoms with E-state index in [0.717, 1.165) is 25.7 Å². The maximum atomic E-state index is 13.4. The monoisotopic (exact) mass is 313 g/mol. The summed E-state index contributed by atoms with van der Waals surface area (Å²) in [5.41, 5.74) is 6.70. The molecule has 1 saturated carbocycles. The fraction of sp³-hybridized carbons (Fsp3) is 0.500. The zero-order valence-corrected chi connectivity index (χ0v) is 11.7. The molecule has 2 unspecified atom stereocenters. The highest BCUT2D eigenvalue weighted by Crippen LogP contribution is 2.27. The van der Waals surface area contributed by atoms with E-state index in [1.165, 1.54) is 6.07 Å². The highest BCUT2D eigenvalue weighted by Gasteiger charge is 2.28. The van der Waals surface area contributed by atoms with Crippen LogP contribution < -0.4 is 5.73 Å². The van der Waals surface area contributed by atoms with Gasteiger partial charge in [0, 0.05) is 18.4 Å². The van der Waals surface area contributed by atoms with Crippen molar-refractivity contribution in [1.29, 1.82) is 0 Å². The Labute approximate surface area is 115 Å². The molecule has 0 spiro atoms. The molecular weight excluding hydrogens is 297 g/mol. The summed E-state index contributed by atoms with van der Waals surface area (Å²) < 4.78 is 13.8. The molecule has 1 fully saturated rings. The molecule has 98 valence electrons. The van der Waals surface area contributed by atoms with Crippen molar-refractivity contribution >= 4 is 21.7 Å². The quantitative estimate of drug-likeness (QED) is 0.931. The molecule has 0 aliphatic heterocycles. The van der Waals surface area contributed by atoms with Gasteiger partial charge in [-0.3, -0.25) is 4.79 Å². The topological polar surface area (TPSA) is 43.1 Å². The number of carbonyl (C=O) groups excluding carboxylic acids is 1. The normalized spacial score (nSPS) is 23.9. The molecule has 0 amide bonds. The molecule has 1 aromatic rings. The van der Waals surface area contributed by atoms with E-state index >= 15 is 0 Å². The summed E-state index contributed by atoms with van der Waals surface area (Å²) in [5, 5.41) is 0. The molecule has 2 atom stereocenters. The molecule has 0 saturated heterocycles. The van der Waals surface area contributed by atoms with Crippen LogP contribution in [0.2, 0.25) is 0 Å². The van der Waals surface area contributed by atoms with Gasteiger partial charge >= 0.3 is 0 Å². The predicted octanol–water partition coefficient (Wildman–Crippen LogP) is 3.22. The molecule has 4 heteroatoms. The van der Waals surface area contributed by atoms with Crippen LogP contribution in [0.25, 0.3) is 0 Å². The molecule has 2 N–H and O–H groups in total. The number of Topliss-reactive ketones (excluding diaryl/α,β-unsaturated/α-hetero) is 1. The van der Waals surface area contributed by atoms with Crippen LogP contribution in [0, 0.1) is 11.7 Å². The first kappa shape index (κ1) is 13.7. The van der Waals surface area contributed by atoms with Gasteiger partial charge in [0.2, 0.25) is 0 Å². The number of hydrogen-bond acceptors (Lipinski definition) is 2. The number of hydrogen-bond donors (Lipinski definition) is 1. The Morgan fingerprint density at radius 2 is 2.11 bits per heavy atom. The Kier molecular flexibility index (Phi) is 4.51. The van der Waals surface area contributed by atoms with Crippen molar-refractivity contribution in [3.63, 3.8) is 0 Å². The summed E-state index contributed by atoms with van der Waals surface area (Å²) in [4.78, 5) is 12.2. The molecule has 0 bridgehead atoms. The zero-order chi connectivity index (χ0) is 13.1. The number of carbonyl (C=O) groups is 1. The standard InChI is InChI=1S/C14H17BrFNO/c15-14-9(4-3-6-11(14)16)8-13(18)10-5-1-2-7-12(10)17/h3-4,6,10,12H,1-2,5,7-8,17H2. The number of halogens is 2. The Hall–Kier alpha value is -0.740. The van der Waals surface area contributed by atoms with Crippen LogP contribution in [0.5, 0.6) is 0 Å². The smallest absolute Gasteiger partial charge is 0.141 e. The second kappa shape index (κ2) is 5.93.